The lowest BCUT2D eigenvalue weighted by atomic mass is 9.90. The van der Waals surface area contributed by atoms with Crippen molar-refractivity contribution in [2.24, 2.45) is 5.73 Å². The Kier molecular flexibility index (Phi) is 7.48. The fraction of sp³-hybridized carbons (Fsp3) is 0.500. The molecule has 0 aliphatic carbocycles. The smallest absolute Gasteiger partial charge is 0.243 e. The first-order valence-electron chi connectivity index (χ1n) is 7.44. The van der Waals surface area contributed by atoms with Crippen molar-refractivity contribution >= 4 is 24.2 Å². The van der Waals surface area contributed by atoms with Crippen LogP contribution < -0.4 is 11.1 Å². The van der Waals surface area contributed by atoms with Crippen LogP contribution in [0.25, 0.3) is 0 Å². The van der Waals surface area contributed by atoms with E-state index in [1.807, 2.05) is 30.3 Å². The van der Waals surface area contributed by atoms with Gasteiger partial charge in [0, 0.05) is 26.8 Å². The van der Waals surface area contributed by atoms with Crippen molar-refractivity contribution in [3.05, 3.63) is 35.9 Å². The Morgan fingerprint density at radius 3 is 2.48 bits per heavy atom. The second kappa shape index (κ2) is 8.86. The molecule has 1 aliphatic heterocycles. The first kappa shape index (κ1) is 19.4. The molecule has 1 aromatic rings. The number of hydrogen-bond donors (Lipinski definition) is 2. The van der Waals surface area contributed by atoms with Crippen LogP contribution in [0.5, 0.6) is 0 Å². The minimum Gasteiger partial charge on any atom is -0.381 e. The van der Waals surface area contributed by atoms with Gasteiger partial charge in [0.15, 0.2) is 0 Å². The maximum absolute atomic E-state index is 12.4. The number of likely N-dealkylation sites (N-methyl/N-ethyl adjacent to an activating group) is 1. The molecule has 1 aliphatic rings. The minimum atomic E-state index is -0.910. The third-order valence-electron chi connectivity index (χ3n) is 3.87. The molecule has 0 bridgehead atoms. The lowest BCUT2D eigenvalue weighted by Gasteiger charge is -2.35. The first-order valence-corrected chi connectivity index (χ1v) is 7.44. The molecule has 1 heterocycles. The van der Waals surface area contributed by atoms with E-state index in [2.05, 4.69) is 5.32 Å². The average molecular weight is 342 g/mol. The topological polar surface area (TPSA) is 84.7 Å². The monoisotopic (exact) mass is 341 g/mol. The van der Waals surface area contributed by atoms with Gasteiger partial charge in [0.2, 0.25) is 11.8 Å². The van der Waals surface area contributed by atoms with Crippen molar-refractivity contribution in [1.82, 2.24) is 10.2 Å². The molecule has 1 saturated heterocycles. The van der Waals surface area contributed by atoms with Crippen LogP contribution in [0, 0.1) is 0 Å². The van der Waals surface area contributed by atoms with Crippen molar-refractivity contribution in [2.45, 2.75) is 24.9 Å². The number of halogens is 1. The highest BCUT2D eigenvalue weighted by atomic mass is 35.5. The molecule has 1 fully saturated rings. The molecule has 0 unspecified atom stereocenters. The van der Waals surface area contributed by atoms with E-state index in [-0.39, 0.29) is 30.8 Å². The van der Waals surface area contributed by atoms with Crippen molar-refractivity contribution in [3.63, 3.8) is 0 Å². The Bertz CT molecular complexity index is 519. The van der Waals surface area contributed by atoms with Crippen molar-refractivity contribution in [3.8, 4) is 0 Å². The van der Waals surface area contributed by atoms with Crippen LogP contribution in [0.3, 0.4) is 0 Å². The molecule has 128 valence electrons. The number of nitrogens with zero attached hydrogens (tertiary/aromatic N) is 1. The Morgan fingerprint density at radius 1 is 1.26 bits per heavy atom. The van der Waals surface area contributed by atoms with E-state index in [1.54, 1.807) is 7.05 Å². The van der Waals surface area contributed by atoms with E-state index in [9.17, 15) is 9.59 Å². The number of nitrogens with two attached hydrogens (primary N) is 1. The number of carbonyl (C=O) groups is 2. The SMILES string of the molecule is CN(CC(=O)NCc1ccccc1)C(=O)C1(N)CCOCC1.Cl. The molecule has 0 radical (unpaired) electrons. The molecule has 1 aromatic carbocycles. The molecule has 0 aromatic heterocycles. The number of ether oxygens (including phenoxy) is 1. The van der Waals surface area contributed by atoms with Crippen LogP contribution in [0.1, 0.15) is 18.4 Å². The van der Waals surface area contributed by atoms with Gasteiger partial charge in [-0.1, -0.05) is 30.3 Å². The maximum atomic E-state index is 12.4. The van der Waals surface area contributed by atoms with Gasteiger partial charge in [-0.3, -0.25) is 9.59 Å². The zero-order valence-electron chi connectivity index (χ0n) is 13.3. The van der Waals surface area contributed by atoms with Crippen LogP contribution in [0.4, 0.5) is 0 Å². The molecule has 6 nitrogen and oxygen atoms in total. The number of carbonyl (C=O) groups excluding carboxylic acids is 2. The van der Waals surface area contributed by atoms with Crippen LogP contribution >= 0.6 is 12.4 Å². The van der Waals surface area contributed by atoms with E-state index < -0.39 is 5.54 Å². The van der Waals surface area contributed by atoms with Crippen molar-refractivity contribution < 1.29 is 14.3 Å². The lowest BCUT2D eigenvalue weighted by molar-refractivity contribution is -0.142. The maximum Gasteiger partial charge on any atom is 0.243 e. The lowest BCUT2D eigenvalue weighted by Crippen LogP contribution is -2.58. The summed E-state index contributed by atoms with van der Waals surface area (Å²) in [5.74, 6) is -0.402. The number of amides is 2. The van der Waals surface area contributed by atoms with Gasteiger partial charge in [-0.2, -0.15) is 0 Å². The molecule has 2 rings (SSSR count). The quantitative estimate of drug-likeness (QED) is 0.825. The number of benzene rings is 1. The van der Waals surface area contributed by atoms with Gasteiger partial charge < -0.3 is 20.7 Å². The highest BCUT2D eigenvalue weighted by Crippen LogP contribution is 2.19. The normalized spacial score (nSPS) is 16.1. The summed E-state index contributed by atoms with van der Waals surface area (Å²) in [5, 5.41) is 2.80. The standard InChI is InChI=1S/C16H23N3O3.ClH/c1-19(15(21)16(17)7-9-22-10-8-16)12-14(20)18-11-13-5-3-2-4-6-13;/h2-6H,7-12,17H2,1H3,(H,18,20);1H. The predicted molar refractivity (Wildman–Crippen MR) is 90.1 cm³/mol. The van der Waals surface area contributed by atoms with Crippen LogP contribution in [0.15, 0.2) is 30.3 Å². The molecular weight excluding hydrogens is 318 g/mol. The zero-order chi connectivity index (χ0) is 16.0. The van der Waals surface area contributed by atoms with Crippen LogP contribution in [-0.4, -0.2) is 49.1 Å². The van der Waals surface area contributed by atoms with Gasteiger partial charge in [0.05, 0.1) is 12.1 Å². The Labute approximate surface area is 142 Å². The first-order chi connectivity index (χ1) is 10.5. The van der Waals surface area contributed by atoms with Crippen LogP contribution in [-0.2, 0) is 20.9 Å². The fourth-order valence-corrected chi connectivity index (χ4v) is 2.47. The average Bonchev–Trinajstić information content (AvgIpc) is 2.54. The third-order valence-corrected chi connectivity index (χ3v) is 3.87. The largest absolute Gasteiger partial charge is 0.381 e. The summed E-state index contributed by atoms with van der Waals surface area (Å²) in [4.78, 5) is 25.7. The number of rotatable bonds is 5. The Balaban J connectivity index is 0.00000264. The van der Waals surface area contributed by atoms with E-state index >= 15 is 0 Å². The number of nitrogens with one attached hydrogen (secondary N) is 1. The zero-order valence-corrected chi connectivity index (χ0v) is 14.1. The van der Waals surface area contributed by atoms with Gasteiger partial charge in [0.1, 0.15) is 0 Å². The summed E-state index contributed by atoms with van der Waals surface area (Å²) in [6, 6.07) is 9.63. The second-order valence-corrected chi connectivity index (χ2v) is 5.69. The van der Waals surface area contributed by atoms with Gasteiger partial charge in [-0.05, 0) is 18.4 Å². The van der Waals surface area contributed by atoms with E-state index in [0.29, 0.717) is 32.6 Å². The van der Waals surface area contributed by atoms with Gasteiger partial charge >= 0.3 is 0 Å². The molecule has 0 spiro atoms. The molecule has 23 heavy (non-hydrogen) atoms. The summed E-state index contributed by atoms with van der Waals surface area (Å²) in [7, 11) is 1.61. The molecule has 3 N–H and O–H groups in total. The van der Waals surface area contributed by atoms with Crippen molar-refractivity contribution in [2.75, 3.05) is 26.8 Å². The fourth-order valence-electron chi connectivity index (χ4n) is 2.47. The molecule has 0 atom stereocenters. The highest BCUT2D eigenvalue weighted by molar-refractivity contribution is 5.90. The minimum absolute atomic E-state index is 0. The second-order valence-electron chi connectivity index (χ2n) is 5.69. The summed E-state index contributed by atoms with van der Waals surface area (Å²) in [6.07, 6.45) is 0.976. The van der Waals surface area contributed by atoms with E-state index in [4.69, 9.17) is 10.5 Å². The molecular formula is C16H24ClN3O3. The number of hydrogen-bond acceptors (Lipinski definition) is 4. The van der Waals surface area contributed by atoms with E-state index in [1.165, 1.54) is 4.90 Å². The summed E-state index contributed by atoms with van der Waals surface area (Å²) in [5.41, 5.74) is 6.25. The predicted octanol–water partition coefficient (Wildman–Crippen LogP) is 0.691. The van der Waals surface area contributed by atoms with Gasteiger partial charge in [-0.15, -0.1) is 12.4 Å². The summed E-state index contributed by atoms with van der Waals surface area (Å²) < 4.78 is 5.23. The molecule has 7 heteroatoms. The third kappa shape index (κ3) is 5.49. The molecule has 0 saturated carbocycles. The molecule has 2 amide bonds. The van der Waals surface area contributed by atoms with Gasteiger partial charge in [0.25, 0.3) is 0 Å². The van der Waals surface area contributed by atoms with Crippen LogP contribution in [0.2, 0.25) is 0 Å². The van der Waals surface area contributed by atoms with Crippen molar-refractivity contribution in [1.29, 1.82) is 0 Å². The summed E-state index contributed by atoms with van der Waals surface area (Å²) >= 11 is 0. The highest BCUT2D eigenvalue weighted by Gasteiger charge is 2.38. The Morgan fingerprint density at radius 2 is 1.87 bits per heavy atom. The summed E-state index contributed by atoms with van der Waals surface area (Å²) in [6.45, 7) is 1.42. The Hall–Kier alpha value is -1.63. The van der Waals surface area contributed by atoms with Gasteiger partial charge in [-0.25, -0.2) is 0 Å². The van der Waals surface area contributed by atoms with E-state index in [0.717, 1.165) is 5.56 Å².